The van der Waals surface area contributed by atoms with Crippen molar-refractivity contribution in [3.8, 4) is 22.8 Å². The molecule has 0 bridgehead atoms. The summed E-state index contributed by atoms with van der Waals surface area (Å²) in [5.74, 6) is 1.67. The highest BCUT2D eigenvalue weighted by atomic mass is 127. The molecule has 0 aliphatic carbocycles. The van der Waals surface area contributed by atoms with Gasteiger partial charge in [-0.15, -0.1) is 0 Å². The Morgan fingerprint density at radius 2 is 1.75 bits per heavy atom. The topological polar surface area (TPSA) is 102 Å². The van der Waals surface area contributed by atoms with Crippen LogP contribution in [0.3, 0.4) is 0 Å². The van der Waals surface area contributed by atoms with E-state index in [2.05, 4.69) is 45.6 Å². The van der Waals surface area contributed by atoms with Crippen LogP contribution >= 0.6 is 22.6 Å². The maximum Gasteiger partial charge on any atom is 0.410 e. The molecule has 0 unspecified atom stereocenters. The van der Waals surface area contributed by atoms with Gasteiger partial charge in [-0.3, -0.25) is 9.78 Å². The van der Waals surface area contributed by atoms with Crippen LogP contribution in [0.2, 0.25) is 0 Å². The first kappa shape index (κ1) is 33.8. The lowest BCUT2D eigenvalue weighted by Crippen LogP contribution is -2.50. The maximum absolute atomic E-state index is 13.2. The first-order chi connectivity index (χ1) is 22.9. The molecule has 48 heavy (non-hydrogen) atoms. The van der Waals surface area contributed by atoms with Gasteiger partial charge in [-0.2, -0.15) is 5.10 Å². The third-order valence-corrected chi connectivity index (χ3v) is 9.89. The van der Waals surface area contributed by atoms with Crippen LogP contribution in [0.15, 0.2) is 61.1 Å². The van der Waals surface area contributed by atoms with Crippen molar-refractivity contribution in [2.75, 3.05) is 44.7 Å². The molecule has 12 heteroatoms. The van der Waals surface area contributed by atoms with Gasteiger partial charge >= 0.3 is 6.09 Å². The second-order valence-corrected chi connectivity index (χ2v) is 14.7. The predicted octanol–water partition coefficient (Wildman–Crippen LogP) is 6.44. The predicted molar refractivity (Wildman–Crippen MR) is 192 cm³/mol. The number of hydrogen-bond acceptors (Lipinski definition) is 8. The number of halogens is 1. The van der Waals surface area contributed by atoms with E-state index in [1.165, 1.54) is 0 Å². The molecule has 6 rings (SSSR count). The summed E-state index contributed by atoms with van der Waals surface area (Å²) >= 11 is 2.28. The second kappa shape index (κ2) is 13.8. The number of piperazine rings is 1. The van der Waals surface area contributed by atoms with Gasteiger partial charge in [-0.1, -0.05) is 12.1 Å². The molecular formula is C36H43IN6O5. The summed E-state index contributed by atoms with van der Waals surface area (Å²) in [4.78, 5) is 36.4. The number of likely N-dealkylation sites (tertiary alicyclic amines) is 1. The first-order valence-electron chi connectivity index (χ1n) is 16.4. The molecular weight excluding hydrogens is 723 g/mol. The zero-order valence-electron chi connectivity index (χ0n) is 28.4. The molecule has 3 aromatic heterocycles. The molecule has 0 saturated carbocycles. The lowest BCUT2D eigenvalue weighted by atomic mass is 10.0. The van der Waals surface area contributed by atoms with Gasteiger partial charge in [0, 0.05) is 56.8 Å². The van der Waals surface area contributed by atoms with Crippen molar-refractivity contribution in [1.29, 1.82) is 0 Å². The standard InChI is InChI=1S/C36H43IN6O5/c1-23(25-7-10-29(46-6)11-8-25)42-21-26(18-33(42)44)24(2)47-32-17-27(22-43-34(32)30(37)20-39-43)31-12-9-28(19-38-31)40-13-15-41(16-14-40)35(45)48-36(3,4)5/h7-12,17,19-20,22-24,26H,13-16,18,21H2,1-6H3/t23-,24-,26-/m1/s1. The molecule has 0 spiro atoms. The van der Waals surface area contributed by atoms with Crippen molar-refractivity contribution in [3.63, 3.8) is 0 Å². The molecule has 4 aromatic rings. The van der Waals surface area contributed by atoms with Crippen molar-refractivity contribution >= 4 is 45.8 Å². The summed E-state index contributed by atoms with van der Waals surface area (Å²) in [6, 6.07) is 13.9. The van der Waals surface area contributed by atoms with Gasteiger partial charge in [0.05, 0.1) is 40.5 Å². The van der Waals surface area contributed by atoms with Gasteiger partial charge in [-0.05, 0) is 93.1 Å². The molecule has 1 aromatic carbocycles. The van der Waals surface area contributed by atoms with E-state index in [0.29, 0.717) is 44.9 Å². The molecule has 2 saturated heterocycles. The van der Waals surface area contributed by atoms with Crippen molar-refractivity contribution in [3.05, 3.63) is 70.2 Å². The maximum atomic E-state index is 13.2. The van der Waals surface area contributed by atoms with Crippen LogP contribution < -0.4 is 14.4 Å². The van der Waals surface area contributed by atoms with Crippen molar-refractivity contribution < 1.29 is 23.8 Å². The number of benzene rings is 1. The minimum atomic E-state index is -0.512. The SMILES string of the molecule is COc1ccc([C@@H](C)N2C[C@H]([C@@H](C)Oc3cc(-c4ccc(N5CCN(C(=O)OC(C)(C)C)CC5)cn4)cn4ncc(I)c34)CC2=O)cc1. The van der Waals surface area contributed by atoms with Gasteiger partial charge in [-0.25, -0.2) is 9.31 Å². The summed E-state index contributed by atoms with van der Waals surface area (Å²) in [6.07, 6.45) is 5.62. The lowest BCUT2D eigenvalue weighted by Gasteiger charge is -2.36. The number of anilines is 1. The van der Waals surface area contributed by atoms with E-state index < -0.39 is 5.60 Å². The largest absolute Gasteiger partial charge is 0.497 e. The highest BCUT2D eigenvalue weighted by Crippen LogP contribution is 2.35. The average molecular weight is 767 g/mol. The molecule has 2 fully saturated rings. The Hall–Kier alpha value is -4.07. The zero-order valence-corrected chi connectivity index (χ0v) is 30.5. The normalized spacial score (nSPS) is 18.3. The van der Waals surface area contributed by atoms with E-state index in [9.17, 15) is 9.59 Å². The number of methoxy groups -OCH3 is 1. The number of pyridine rings is 2. The van der Waals surface area contributed by atoms with Crippen LogP contribution in [-0.4, -0.2) is 87.9 Å². The summed E-state index contributed by atoms with van der Waals surface area (Å²) in [5, 5.41) is 4.58. The Morgan fingerprint density at radius 3 is 2.40 bits per heavy atom. The summed E-state index contributed by atoms with van der Waals surface area (Å²) in [5.41, 5.74) is 4.13. The van der Waals surface area contributed by atoms with E-state index in [4.69, 9.17) is 19.2 Å². The first-order valence-corrected chi connectivity index (χ1v) is 17.4. The van der Waals surface area contributed by atoms with E-state index >= 15 is 0 Å². The van der Waals surface area contributed by atoms with Crippen LogP contribution in [0.4, 0.5) is 10.5 Å². The summed E-state index contributed by atoms with van der Waals surface area (Å²) in [7, 11) is 1.65. The number of hydrogen-bond donors (Lipinski definition) is 0. The molecule has 2 aliphatic heterocycles. The highest BCUT2D eigenvalue weighted by molar-refractivity contribution is 14.1. The van der Waals surface area contributed by atoms with Crippen molar-refractivity contribution in [2.24, 2.45) is 5.92 Å². The Labute approximate surface area is 295 Å². The number of carbonyl (C=O) groups excluding carboxylic acids is 2. The molecule has 254 valence electrons. The number of carbonyl (C=O) groups is 2. The Bertz CT molecular complexity index is 1760. The van der Waals surface area contributed by atoms with Gasteiger partial charge in [0.2, 0.25) is 5.91 Å². The molecule has 0 radical (unpaired) electrons. The Balaban J connectivity index is 1.14. The lowest BCUT2D eigenvalue weighted by molar-refractivity contribution is -0.129. The molecule has 0 N–H and O–H groups in total. The van der Waals surface area contributed by atoms with Crippen molar-refractivity contribution in [2.45, 2.75) is 58.8 Å². The minimum Gasteiger partial charge on any atom is -0.497 e. The van der Waals surface area contributed by atoms with Gasteiger partial charge in [0.15, 0.2) is 0 Å². The summed E-state index contributed by atoms with van der Waals surface area (Å²) in [6.45, 7) is 13.0. The zero-order chi connectivity index (χ0) is 34.2. The van der Waals surface area contributed by atoms with E-state index in [1.54, 1.807) is 12.0 Å². The molecule has 3 atom stereocenters. The van der Waals surface area contributed by atoms with Crippen molar-refractivity contribution in [1.82, 2.24) is 24.4 Å². The number of rotatable bonds is 8. The molecule has 2 amide bonds. The van der Waals surface area contributed by atoms with Gasteiger partial charge in [0.25, 0.3) is 0 Å². The highest BCUT2D eigenvalue weighted by Gasteiger charge is 2.37. The number of fused-ring (bicyclic) bond motifs is 1. The van der Waals surface area contributed by atoms with Crippen LogP contribution in [0.5, 0.6) is 11.5 Å². The third kappa shape index (κ3) is 7.32. The Morgan fingerprint density at radius 1 is 1.02 bits per heavy atom. The van der Waals surface area contributed by atoms with E-state index in [-0.39, 0.29) is 30.1 Å². The monoisotopic (exact) mass is 766 g/mol. The van der Waals surface area contributed by atoms with Crippen LogP contribution in [0, 0.1) is 9.49 Å². The summed E-state index contributed by atoms with van der Waals surface area (Å²) < 4.78 is 20.3. The number of nitrogens with zero attached hydrogens (tertiary/aromatic N) is 6. The van der Waals surface area contributed by atoms with Crippen LogP contribution in [0.1, 0.15) is 52.6 Å². The quantitative estimate of drug-likeness (QED) is 0.189. The van der Waals surface area contributed by atoms with Crippen LogP contribution in [-0.2, 0) is 9.53 Å². The fraction of sp³-hybridized carbons (Fsp3) is 0.444. The smallest absolute Gasteiger partial charge is 0.410 e. The van der Waals surface area contributed by atoms with Gasteiger partial charge < -0.3 is 28.9 Å². The van der Waals surface area contributed by atoms with E-state index in [1.807, 2.05) is 92.1 Å². The molecule has 2 aliphatic rings. The van der Waals surface area contributed by atoms with Crippen LogP contribution in [0.25, 0.3) is 16.8 Å². The average Bonchev–Trinajstić information content (AvgIpc) is 3.66. The second-order valence-electron chi connectivity index (χ2n) is 13.5. The fourth-order valence-corrected chi connectivity index (χ4v) is 6.94. The fourth-order valence-electron chi connectivity index (χ4n) is 6.30. The van der Waals surface area contributed by atoms with Gasteiger partial charge in [0.1, 0.15) is 28.7 Å². The number of aromatic nitrogens is 3. The number of ether oxygens (including phenoxy) is 3. The number of amides is 2. The molecule has 5 heterocycles. The van der Waals surface area contributed by atoms with E-state index in [0.717, 1.165) is 37.3 Å². The third-order valence-electron chi connectivity index (χ3n) is 9.10. The molecule has 11 nitrogen and oxygen atoms in total. The minimum absolute atomic E-state index is 0.0377. The Kier molecular flexibility index (Phi) is 9.73.